The van der Waals surface area contributed by atoms with Crippen LogP contribution in [0.4, 0.5) is 6.01 Å². The van der Waals surface area contributed by atoms with E-state index in [2.05, 4.69) is 45.8 Å². The van der Waals surface area contributed by atoms with E-state index >= 15 is 0 Å². The highest BCUT2D eigenvalue weighted by Crippen LogP contribution is 2.43. The van der Waals surface area contributed by atoms with Crippen LogP contribution in [0.25, 0.3) is 0 Å². The molecule has 1 aliphatic rings. The lowest BCUT2D eigenvalue weighted by atomic mass is 9.69. The summed E-state index contributed by atoms with van der Waals surface area (Å²) in [6.45, 7) is 2.82. The summed E-state index contributed by atoms with van der Waals surface area (Å²) >= 11 is 0. The minimum Gasteiger partial charge on any atom is -0.338 e. The molecule has 4 nitrogen and oxygen atoms in total. The Morgan fingerprint density at radius 2 is 1.90 bits per heavy atom. The fraction of sp³-hybridized carbons (Fsp3) is 0.500. The second-order valence-corrected chi connectivity index (χ2v) is 5.46. The number of hydrogen-bond acceptors (Lipinski definition) is 4. The molecular weight excluding hydrogens is 250 g/mol. The van der Waals surface area contributed by atoms with E-state index in [0.29, 0.717) is 6.01 Å². The minimum absolute atomic E-state index is 0.0727. The Kier molecular flexibility index (Phi) is 3.72. The molecule has 0 radical (unpaired) electrons. The van der Waals surface area contributed by atoms with Crippen molar-refractivity contribution in [3.63, 3.8) is 0 Å². The maximum atomic E-state index is 5.33. The number of rotatable bonds is 4. The van der Waals surface area contributed by atoms with Gasteiger partial charge in [-0.15, -0.1) is 0 Å². The van der Waals surface area contributed by atoms with Crippen LogP contribution in [0, 0.1) is 0 Å². The van der Waals surface area contributed by atoms with Crippen LogP contribution in [0.1, 0.15) is 50.4 Å². The molecule has 1 heterocycles. The van der Waals surface area contributed by atoms with Gasteiger partial charge in [-0.3, -0.25) is 0 Å². The predicted molar refractivity (Wildman–Crippen MR) is 78.8 cm³/mol. The molecule has 20 heavy (non-hydrogen) atoms. The van der Waals surface area contributed by atoms with Gasteiger partial charge >= 0.3 is 6.01 Å². The molecule has 1 N–H and O–H groups in total. The van der Waals surface area contributed by atoms with Gasteiger partial charge in [0.1, 0.15) is 0 Å². The normalized spacial score (nSPS) is 17.9. The van der Waals surface area contributed by atoms with Crippen LogP contribution in [0.3, 0.4) is 0 Å². The van der Waals surface area contributed by atoms with Crippen molar-refractivity contribution >= 4 is 6.01 Å². The Morgan fingerprint density at radius 3 is 2.60 bits per heavy atom. The number of aromatic nitrogens is 2. The van der Waals surface area contributed by atoms with E-state index in [1.54, 1.807) is 0 Å². The van der Waals surface area contributed by atoms with Crippen LogP contribution >= 0.6 is 0 Å². The molecule has 0 atom stereocenters. The third kappa shape index (κ3) is 2.30. The fourth-order valence-corrected chi connectivity index (χ4v) is 3.19. The Bertz CT molecular complexity index is 544. The molecule has 0 amide bonds. The van der Waals surface area contributed by atoms with Crippen molar-refractivity contribution < 1.29 is 4.52 Å². The molecule has 0 unspecified atom stereocenters. The molecule has 1 fully saturated rings. The highest BCUT2D eigenvalue weighted by Gasteiger charge is 2.39. The van der Waals surface area contributed by atoms with Crippen LogP contribution in [0.5, 0.6) is 0 Å². The molecule has 0 spiro atoms. The summed E-state index contributed by atoms with van der Waals surface area (Å²) in [7, 11) is 0. The van der Waals surface area contributed by atoms with E-state index in [4.69, 9.17) is 4.52 Å². The average Bonchev–Trinajstić information content (AvgIpc) is 2.98. The SMILES string of the molecule is CCNc1nc(C2(c3ccccc3)CCCCC2)no1. The van der Waals surface area contributed by atoms with E-state index in [9.17, 15) is 0 Å². The van der Waals surface area contributed by atoms with Gasteiger partial charge < -0.3 is 9.84 Å². The molecule has 0 saturated heterocycles. The van der Waals surface area contributed by atoms with Gasteiger partial charge in [0.05, 0.1) is 5.41 Å². The maximum absolute atomic E-state index is 5.33. The Hall–Kier alpha value is -1.84. The van der Waals surface area contributed by atoms with Crippen molar-refractivity contribution in [3.05, 3.63) is 41.7 Å². The number of benzene rings is 1. The second kappa shape index (κ2) is 5.65. The van der Waals surface area contributed by atoms with Crippen molar-refractivity contribution in [2.45, 2.75) is 44.4 Å². The van der Waals surface area contributed by atoms with Gasteiger partial charge in [-0.2, -0.15) is 4.98 Å². The molecule has 1 aromatic heterocycles. The summed E-state index contributed by atoms with van der Waals surface area (Å²) in [6.07, 6.45) is 5.94. The molecular formula is C16H21N3O. The summed E-state index contributed by atoms with van der Waals surface area (Å²) in [6, 6.07) is 11.2. The molecule has 106 valence electrons. The van der Waals surface area contributed by atoms with Crippen molar-refractivity contribution in [1.82, 2.24) is 10.1 Å². The quantitative estimate of drug-likeness (QED) is 0.920. The van der Waals surface area contributed by atoms with Gasteiger partial charge in [0.15, 0.2) is 5.82 Å². The lowest BCUT2D eigenvalue weighted by Gasteiger charge is -2.34. The predicted octanol–water partition coefficient (Wildman–Crippen LogP) is 3.75. The number of nitrogens with zero attached hydrogens (tertiary/aromatic N) is 2. The summed E-state index contributed by atoms with van der Waals surface area (Å²) in [5.74, 6) is 0.833. The lowest BCUT2D eigenvalue weighted by Crippen LogP contribution is -2.31. The van der Waals surface area contributed by atoms with Crippen molar-refractivity contribution in [2.75, 3.05) is 11.9 Å². The van der Waals surface area contributed by atoms with Gasteiger partial charge in [0.2, 0.25) is 0 Å². The summed E-state index contributed by atoms with van der Waals surface area (Å²) in [4.78, 5) is 4.58. The van der Waals surface area contributed by atoms with Crippen molar-refractivity contribution in [1.29, 1.82) is 0 Å². The first-order chi connectivity index (χ1) is 9.85. The topological polar surface area (TPSA) is 51.0 Å². The smallest absolute Gasteiger partial charge is 0.321 e. The number of hydrogen-bond donors (Lipinski definition) is 1. The van der Waals surface area contributed by atoms with Crippen LogP contribution in [0.15, 0.2) is 34.9 Å². The van der Waals surface area contributed by atoms with Crippen LogP contribution in [-0.4, -0.2) is 16.7 Å². The first kappa shape index (κ1) is 13.2. The first-order valence-corrected chi connectivity index (χ1v) is 7.49. The summed E-state index contributed by atoms with van der Waals surface area (Å²) in [5.41, 5.74) is 1.24. The average molecular weight is 271 g/mol. The van der Waals surface area contributed by atoms with E-state index in [1.807, 2.05) is 6.92 Å². The monoisotopic (exact) mass is 271 g/mol. The summed E-state index contributed by atoms with van der Waals surface area (Å²) < 4.78 is 5.33. The molecule has 1 saturated carbocycles. The van der Waals surface area contributed by atoms with E-state index in [-0.39, 0.29) is 5.41 Å². The third-order valence-corrected chi connectivity index (χ3v) is 4.22. The fourth-order valence-electron chi connectivity index (χ4n) is 3.19. The Labute approximate surface area is 119 Å². The van der Waals surface area contributed by atoms with Gasteiger partial charge in [-0.25, -0.2) is 0 Å². The largest absolute Gasteiger partial charge is 0.338 e. The molecule has 0 aliphatic heterocycles. The van der Waals surface area contributed by atoms with E-state index in [0.717, 1.165) is 25.2 Å². The number of nitrogens with one attached hydrogen (secondary N) is 1. The van der Waals surface area contributed by atoms with E-state index < -0.39 is 0 Å². The molecule has 1 aromatic carbocycles. The second-order valence-electron chi connectivity index (χ2n) is 5.46. The highest BCUT2D eigenvalue weighted by atomic mass is 16.5. The molecule has 2 aromatic rings. The molecule has 3 rings (SSSR count). The van der Waals surface area contributed by atoms with Gasteiger partial charge in [-0.1, -0.05) is 54.8 Å². The Balaban J connectivity index is 2.00. The van der Waals surface area contributed by atoms with Crippen LogP contribution in [-0.2, 0) is 5.41 Å². The van der Waals surface area contributed by atoms with Crippen molar-refractivity contribution in [3.8, 4) is 0 Å². The van der Waals surface area contributed by atoms with Crippen molar-refractivity contribution in [2.24, 2.45) is 0 Å². The van der Waals surface area contributed by atoms with Gasteiger partial charge in [-0.05, 0) is 25.3 Å². The minimum atomic E-state index is -0.0727. The van der Waals surface area contributed by atoms with E-state index in [1.165, 1.54) is 24.8 Å². The first-order valence-electron chi connectivity index (χ1n) is 7.49. The standard InChI is InChI=1S/C16H21N3O/c1-2-17-15-18-14(19-20-15)16(11-7-4-8-12-16)13-9-5-3-6-10-13/h3,5-6,9-10H,2,4,7-8,11-12H2,1H3,(H,17,18,19). The molecule has 0 bridgehead atoms. The molecule has 1 aliphatic carbocycles. The zero-order chi connectivity index (χ0) is 13.8. The Morgan fingerprint density at radius 1 is 1.15 bits per heavy atom. The lowest BCUT2D eigenvalue weighted by molar-refractivity contribution is 0.314. The van der Waals surface area contributed by atoms with Gasteiger partial charge in [0.25, 0.3) is 0 Å². The van der Waals surface area contributed by atoms with Crippen LogP contribution in [0.2, 0.25) is 0 Å². The van der Waals surface area contributed by atoms with Gasteiger partial charge in [0, 0.05) is 6.54 Å². The number of anilines is 1. The third-order valence-electron chi connectivity index (χ3n) is 4.22. The molecule has 4 heteroatoms. The zero-order valence-corrected chi connectivity index (χ0v) is 11.9. The maximum Gasteiger partial charge on any atom is 0.321 e. The summed E-state index contributed by atoms with van der Waals surface area (Å²) in [5, 5.41) is 7.35. The van der Waals surface area contributed by atoms with Crippen LogP contribution < -0.4 is 5.32 Å². The zero-order valence-electron chi connectivity index (χ0n) is 11.9. The highest BCUT2D eigenvalue weighted by molar-refractivity contribution is 5.35.